The topological polar surface area (TPSA) is 140 Å². The van der Waals surface area contributed by atoms with Crippen molar-refractivity contribution in [3.05, 3.63) is 58.4 Å². The number of amides is 3. The molecule has 10 heteroatoms. The van der Waals surface area contributed by atoms with E-state index in [-0.39, 0.29) is 37.6 Å². The quantitative estimate of drug-likeness (QED) is 0.239. The van der Waals surface area contributed by atoms with Crippen molar-refractivity contribution in [3.8, 4) is 0 Å². The van der Waals surface area contributed by atoms with Crippen molar-refractivity contribution in [1.29, 1.82) is 0 Å². The monoisotopic (exact) mass is 512 g/mol. The van der Waals surface area contributed by atoms with E-state index in [4.69, 9.17) is 5.11 Å². The van der Waals surface area contributed by atoms with E-state index >= 15 is 0 Å². The predicted octanol–water partition coefficient (Wildman–Crippen LogP) is 2.62. The minimum atomic E-state index is -1.03. The Kier molecular flexibility index (Phi) is 9.63. The van der Waals surface area contributed by atoms with Crippen molar-refractivity contribution < 1.29 is 24.3 Å². The van der Waals surface area contributed by atoms with Gasteiger partial charge in [-0.2, -0.15) is 0 Å². The molecule has 0 fully saturated rings. The zero-order valence-corrected chi connectivity index (χ0v) is 21.2. The van der Waals surface area contributed by atoms with Gasteiger partial charge in [-0.25, -0.2) is 0 Å². The number of fused-ring (bicyclic) bond motifs is 1. The highest BCUT2D eigenvalue weighted by Gasteiger charge is 2.28. The standard InChI is InChI=1S/C26H32N4O5S/c1-16(2)12-21(29-23(31)14-18-6-5-11-36-18)26(35)30-22(25(34)27-10-9-24(32)33)13-17-15-28-20-8-4-3-7-19(17)20/h3-8,11,15-16,21-22,28H,9-10,12-14H2,1-2H3,(H,27,34)(H,29,31)(H,30,35)(H,32,33)/t21-,22+/m0/s1. The molecule has 0 aliphatic rings. The number of para-hydroxylation sites is 1. The summed E-state index contributed by atoms with van der Waals surface area (Å²) in [5.41, 5.74) is 1.74. The number of aromatic amines is 1. The normalized spacial score (nSPS) is 12.8. The zero-order valence-electron chi connectivity index (χ0n) is 20.4. The number of carboxylic acid groups (broad SMARTS) is 1. The molecule has 192 valence electrons. The number of hydrogen-bond acceptors (Lipinski definition) is 5. The van der Waals surface area contributed by atoms with Gasteiger partial charge in [-0.05, 0) is 35.4 Å². The number of hydrogen-bond donors (Lipinski definition) is 5. The first-order valence-electron chi connectivity index (χ1n) is 11.9. The third-order valence-corrected chi connectivity index (χ3v) is 6.52. The van der Waals surface area contributed by atoms with Gasteiger partial charge in [-0.1, -0.05) is 38.1 Å². The van der Waals surface area contributed by atoms with Crippen molar-refractivity contribution in [1.82, 2.24) is 20.9 Å². The molecule has 0 saturated carbocycles. The lowest BCUT2D eigenvalue weighted by molar-refractivity contribution is -0.137. The summed E-state index contributed by atoms with van der Waals surface area (Å²) >= 11 is 1.47. The number of thiophene rings is 1. The largest absolute Gasteiger partial charge is 0.481 e. The van der Waals surface area contributed by atoms with Gasteiger partial charge in [0.25, 0.3) is 0 Å². The van der Waals surface area contributed by atoms with Crippen molar-refractivity contribution in [2.45, 2.75) is 51.6 Å². The Morgan fingerprint density at radius 3 is 2.47 bits per heavy atom. The van der Waals surface area contributed by atoms with E-state index in [1.165, 1.54) is 11.3 Å². The number of carbonyl (C=O) groups excluding carboxylic acids is 3. The van der Waals surface area contributed by atoms with Crippen molar-refractivity contribution in [2.24, 2.45) is 5.92 Å². The molecule has 0 bridgehead atoms. The van der Waals surface area contributed by atoms with Gasteiger partial charge < -0.3 is 26.0 Å². The summed E-state index contributed by atoms with van der Waals surface area (Å²) in [6, 6.07) is 9.60. The summed E-state index contributed by atoms with van der Waals surface area (Å²) in [4.78, 5) is 53.8. The summed E-state index contributed by atoms with van der Waals surface area (Å²) < 4.78 is 0. The van der Waals surface area contributed by atoms with E-state index in [1.54, 1.807) is 6.20 Å². The van der Waals surface area contributed by atoms with E-state index in [0.29, 0.717) is 6.42 Å². The van der Waals surface area contributed by atoms with Gasteiger partial charge >= 0.3 is 5.97 Å². The van der Waals surface area contributed by atoms with Gasteiger partial charge in [0.2, 0.25) is 17.7 Å². The number of carbonyl (C=O) groups is 4. The Morgan fingerprint density at radius 2 is 1.78 bits per heavy atom. The van der Waals surface area contributed by atoms with E-state index < -0.39 is 29.9 Å². The van der Waals surface area contributed by atoms with Gasteiger partial charge in [0.15, 0.2) is 0 Å². The maximum absolute atomic E-state index is 13.3. The number of benzene rings is 1. The second-order valence-electron chi connectivity index (χ2n) is 9.07. The first-order valence-corrected chi connectivity index (χ1v) is 12.8. The molecular formula is C26H32N4O5S. The van der Waals surface area contributed by atoms with Crippen LogP contribution in [0.2, 0.25) is 0 Å². The lowest BCUT2D eigenvalue weighted by Crippen LogP contribution is -2.55. The SMILES string of the molecule is CC(C)C[C@H](NC(=O)Cc1cccs1)C(=O)N[C@H](Cc1c[nH]c2ccccc12)C(=O)NCCC(=O)O. The average Bonchev–Trinajstić information content (AvgIpc) is 3.47. The van der Waals surface area contributed by atoms with E-state index in [0.717, 1.165) is 21.3 Å². The van der Waals surface area contributed by atoms with Gasteiger partial charge in [0, 0.05) is 34.9 Å². The van der Waals surface area contributed by atoms with Crippen LogP contribution in [-0.2, 0) is 32.0 Å². The van der Waals surface area contributed by atoms with Crippen LogP contribution in [0.4, 0.5) is 0 Å². The third-order valence-electron chi connectivity index (χ3n) is 5.64. The fourth-order valence-electron chi connectivity index (χ4n) is 3.94. The summed E-state index contributed by atoms with van der Waals surface area (Å²) in [5, 5.41) is 19.9. The Hall–Kier alpha value is -3.66. The van der Waals surface area contributed by atoms with Gasteiger partial charge in [-0.15, -0.1) is 11.3 Å². The molecule has 36 heavy (non-hydrogen) atoms. The van der Waals surface area contributed by atoms with Crippen molar-refractivity contribution in [3.63, 3.8) is 0 Å². The lowest BCUT2D eigenvalue weighted by Gasteiger charge is -2.24. The maximum atomic E-state index is 13.3. The van der Waals surface area contributed by atoms with Crippen LogP contribution in [-0.4, -0.2) is 52.4 Å². The average molecular weight is 513 g/mol. The van der Waals surface area contributed by atoms with Crippen LogP contribution in [0.1, 0.15) is 37.1 Å². The number of aromatic nitrogens is 1. The summed E-state index contributed by atoms with van der Waals surface area (Å²) in [7, 11) is 0. The molecule has 0 radical (unpaired) electrons. The van der Waals surface area contributed by atoms with Crippen molar-refractivity contribution in [2.75, 3.05) is 6.54 Å². The minimum Gasteiger partial charge on any atom is -0.481 e. The lowest BCUT2D eigenvalue weighted by atomic mass is 10.0. The fourth-order valence-corrected chi connectivity index (χ4v) is 4.64. The number of nitrogens with one attached hydrogen (secondary N) is 4. The second-order valence-corrected chi connectivity index (χ2v) is 10.1. The molecule has 3 amide bonds. The van der Waals surface area contributed by atoms with Crippen LogP contribution in [0.15, 0.2) is 48.0 Å². The van der Waals surface area contributed by atoms with Crippen LogP contribution in [0.5, 0.6) is 0 Å². The Bertz CT molecular complexity index is 1190. The maximum Gasteiger partial charge on any atom is 0.305 e. The Morgan fingerprint density at radius 1 is 1.00 bits per heavy atom. The molecule has 9 nitrogen and oxygen atoms in total. The first kappa shape index (κ1) is 26.9. The minimum absolute atomic E-state index is 0.0542. The fraction of sp³-hybridized carbons (Fsp3) is 0.385. The third kappa shape index (κ3) is 7.94. The summed E-state index contributed by atoms with van der Waals surface area (Å²) in [5.74, 6) is -2.11. The summed E-state index contributed by atoms with van der Waals surface area (Å²) in [6.07, 6.45) is 2.35. The van der Waals surface area contributed by atoms with Crippen LogP contribution < -0.4 is 16.0 Å². The zero-order chi connectivity index (χ0) is 26.1. The molecule has 0 saturated heterocycles. The Labute approximate surface area is 213 Å². The number of aliphatic carboxylic acids is 1. The van der Waals surface area contributed by atoms with Crippen LogP contribution >= 0.6 is 11.3 Å². The summed E-state index contributed by atoms with van der Waals surface area (Å²) in [6.45, 7) is 3.85. The highest BCUT2D eigenvalue weighted by molar-refractivity contribution is 7.10. The molecular weight excluding hydrogens is 480 g/mol. The number of H-pyrrole nitrogens is 1. The molecule has 0 spiro atoms. The molecule has 3 rings (SSSR count). The smallest absolute Gasteiger partial charge is 0.305 e. The van der Waals surface area contributed by atoms with Crippen LogP contribution in [0.25, 0.3) is 10.9 Å². The van der Waals surface area contributed by atoms with Crippen LogP contribution in [0.3, 0.4) is 0 Å². The molecule has 0 unspecified atom stereocenters. The molecule has 2 atom stereocenters. The molecule has 0 aliphatic carbocycles. The van der Waals surface area contributed by atoms with E-state index in [9.17, 15) is 19.2 Å². The van der Waals surface area contributed by atoms with Gasteiger partial charge in [0.05, 0.1) is 12.8 Å². The van der Waals surface area contributed by atoms with Crippen LogP contribution in [0, 0.1) is 5.92 Å². The second kappa shape index (κ2) is 12.9. The molecule has 2 heterocycles. The van der Waals surface area contributed by atoms with Gasteiger partial charge in [0.1, 0.15) is 12.1 Å². The number of carboxylic acids is 1. The van der Waals surface area contributed by atoms with Gasteiger partial charge in [-0.3, -0.25) is 19.2 Å². The molecule has 0 aliphatic heterocycles. The molecule has 5 N–H and O–H groups in total. The first-order chi connectivity index (χ1) is 17.2. The van der Waals surface area contributed by atoms with Crippen molar-refractivity contribution >= 4 is 45.9 Å². The molecule has 2 aromatic heterocycles. The predicted molar refractivity (Wildman–Crippen MR) is 139 cm³/mol. The van der Waals surface area contributed by atoms with E-state index in [2.05, 4.69) is 20.9 Å². The molecule has 1 aromatic carbocycles. The molecule has 3 aromatic rings. The highest BCUT2D eigenvalue weighted by Crippen LogP contribution is 2.19. The van der Waals surface area contributed by atoms with E-state index in [1.807, 2.05) is 55.6 Å². The number of rotatable bonds is 13. The highest BCUT2D eigenvalue weighted by atomic mass is 32.1. The Balaban J connectivity index is 1.75.